The monoisotopic (exact) mass is 225 g/mol. The number of hydrogen-bond acceptors (Lipinski definition) is 3. The number of carbonyl (C=O) groups is 1. The van der Waals surface area contributed by atoms with Crippen molar-refractivity contribution in [1.29, 1.82) is 0 Å². The van der Waals surface area contributed by atoms with Crippen LogP contribution in [-0.4, -0.2) is 22.8 Å². The van der Waals surface area contributed by atoms with E-state index < -0.39 is 0 Å². The quantitative estimate of drug-likeness (QED) is 0.798. The van der Waals surface area contributed by atoms with Crippen LogP contribution in [0.25, 0.3) is 6.08 Å². The second-order valence-electron chi connectivity index (χ2n) is 3.84. The average molecular weight is 225 g/mol. The Kier molecular flexibility index (Phi) is 2.26. The number of aromatic amines is 1. The normalized spacial score (nSPS) is 13.5. The summed E-state index contributed by atoms with van der Waals surface area (Å²) in [6.45, 7) is 0.725. The molecule has 0 saturated carbocycles. The number of imidazole rings is 1. The van der Waals surface area contributed by atoms with Crippen molar-refractivity contribution in [3.05, 3.63) is 47.9 Å². The molecule has 0 spiro atoms. The second kappa shape index (κ2) is 3.90. The zero-order valence-corrected chi connectivity index (χ0v) is 9.13. The standard InChI is InChI=1S/C13H11N3O/c17-8-11-4-1-3-10-5-2-6-16(13(10)11)12-7-14-9-15-12/h1-5,7-9H,6H2,(H,14,15). The molecule has 0 unspecified atom stereocenters. The minimum absolute atomic E-state index is 0.690. The zero-order valence-electron chi connectivity index (χ0n) is 9.13. The van der Waals surface area contributed by atoms with E-state index in [0.29, 0.717) is 5.56 Å². The fourth-order valence-corrected chi connectivity index (χ4v) is 2.11. The smallest absolute Gasteiger partial charge is 0.152 e. The molecule has 0 radical (unpaired) electrons. The summed E-state index contributed by atoms with van der Waals surface area (Å²) in [4.78, 5) is 20.3. The van der Waals surface area contributed by atoms with Gasteiger partial charge in [0, 0.05) is 18.3 Å². The summed E-state index contributed by atoms with van der Waals surface area (Å²) in [5.41, 5.74) is 2.66. The maximum atomic E-state index is 11.1. The second-order valence-corrected chi connectivity index (χ2v) is 3.84. The third-order valence-electron chi connectivity index (χ3n) is 2.84. The maximum Gasteiger partial charge on any atom is 0.152 e. The van der Waals surface area contributed by atoms with Crippen molar-refractivity contribution in [3.63, 3.8) is 0 Å². The van der Waals surface area contributed by atoms with E-state index in [1.807, 2.05) is 35.4 Å². The highest BCUT2D eigenvalue weighted by Gasteiger charge is 2.19. The van der Waals surface area contributed by atoms with Gasteiger partial charge in [-0.2, -0.15) is 0 Å². The molecular formula is C13H11N3O. The van der Waals surface area contributed by atoms with E-state index in [2.05, 4.69) is 16.0 Å². The first-order valence-electron chi connectivity index (χ1n) is 5.41. The molecule has 84 valence electrons. The lowest BCUT2D eigenvalue weighted by molar-refractivity contribution is 0.112. The third-order valence-corrected chi connectivity index (χ3v) is 2.84. The fourth-order valence-electron chi connectivity index (χ4n) is 2.11. The molecule has 17 heavy (non-hydrogen) atoms. The predicted octanol–water partition coefficient (Wildman–Crippen LogP) is 2.39. The molecule has 1 aliphatic rings. The van der Waals surface area contributed by atoms with Crippen LogP contribution in [0.5, 0.6) is 0 Å². The lowest BCUT2D eigenvalue weighted by Crippen LogP contribution is -2.22. The zero-order chi connectivity index (χ0) is 11.7. The summed E-state index contributed by atoms with van der Waals surface area (Å²) in [7, 11) is 0. The largest absolute Gasteiger partial charge is 0.349 e. The molecule has 1 aromatic heterocycles. The van der Waals surface area contributed by atoms with Gasteiger partial charge in [0.1, 0.15) is 0 Å². The number of nitrogens with one attached hydrogen (secondary N) is 1. The first-order valence-corrected chi connectivity index (χ1v) is 5.41. The molecule has 0 saturated heterocycles. The van der Waals surface area contributed by atoms with Crippen LogP contribution in [0.15, 0.2) is 36.8 Å². The topological polar surface area (TPSA) is 49.0 Å². The van der Waals surface area contributed by atoms with E-state index in [0.717, 1.165) is 29.9 Å². The fraction of sp³-hybridized carbons (Fsp3) is 0.0769. The van der Waals surface area contributed by atoms with Crippen LogP contribution in [0.1, 0.15) is 15.9 Å². The molecule has 0 amide bonds. The van der Waals surface area contributed by atoms with Crippen LogP contribution >= 0.6 is 0 Å². The van der Waals surface area contributed by atoms with Crippen molar-refractivity contribution in [3.8, 4) is 0 Å². The number of anilines is 2. The molecule has 4 nitrogen and oxygen atoms in total. The van der Waals surface area contributed by atoms with E-state index in [1.165, 1.54) is 0 Å². The highest BCUT2D eigenvalue weighted by atomic mass is 16.1. The van der Waals surface area contributed by atoms with Gasteiger partial charge in [-0.15, -0.1) is 0 Å². The van der Waals surface area contributed by atoms with Crippen molar-refractivity contribution in [2.45, 2.75) is 0 Å². The van der Waals surface area contributed by atoms with Crippen LogP contribution in [0, 0.1) is 0 Å². The van der Waals surface area contributed by atoms with Gasteiger partial charge in [-0.3, -0.25) is 4.79 Å². The van der Waals surface area contributed by atoms with Gasteiger partial charge in [0.05, 0.1) is 12.0 Å². The summed E-state index contributed by atoms with van der Waals surface area (Å²) in [5, 5.41) is 0. The molecule has 0 atom stereocenters. The minimum Gasteiger partial charge on any atom is -0.349 e. The lowest BCUT2D eigenvalue weighted by atomic mass is 10.0. The number of fused-ring (bicyclic) bond motifs is 1. The van der Waals surface area contributed by atoms with Gasteiger partial charge in [0.25, 0.3) is 0 Å². The molecule has 0 fully saturated rings. The van der Waals surface area contributed by atoms with Crippen molar-refractivity contribution in [2.75, 3.05) is 11.4 Å². The number of carbonyl (C=O) groups excluding carboxylic acids is 1. The lowest BCUT2D eigenvalue weighted by Gasteiger charge is -2.27. The molecule has 1 N–H and O–H groups in total. The SMILES string of the molecule is O=Cc1cccc2c1N(c1c[nH]cn1)CC=C2. The molecule has 4 heteroatoms. The predicted molar refractivity (Wildman–Crippen MR) is 66.5 cm³/mol. The Morgan fingerprint density at radius 2 is 2.35 bits per heavy atom. The van der Waals surface area contributed by atoms with Gasteiger partial charge < -0.3 is 9.88 Å². The molecule has 0 aliphatic carbocycles. The van der Waals surface area contributed by atoms with E-state index >= 15 is 0 Å². The summed E-state index contributed by atoms with van der Waals surface area (Å²) in [5.74, 6) is 0.824. The van der Waals surface area contributed by atoms with Crippen molar-refractivity contribution in [1.82, 2.24) is 9.97 Å². The Morgan fingerprint density at radius 1 is 1.41 bits per heavy atom. The molecule has 1 aromatic carbocycles. The molecule has 2 heterocycles. The molecular weight excluding hydrogens is 214 g/mol. The van der Waals surface area contributed by atoms with Crippen molar-refractivity contribution in [2.24, 2.45) is 0 Å². The number of hydrogen-bond donors (Lipinski definition) is 1. The summed E-state index contributed by atoms with van der Waals surface area (Å²) in [6.07, 6.45) is 8.44. The van der Waals surface area contributed by atoms with Gasteiger partial charge in [-0.25, -0.2) is 4.98 Å². The van der Waals surface area contributed by atoms with E-state index in [1.54, 1.807) is 6.33 Å². The van der Waals surface area contributed by atoms with Gasteiger partial charge in [0.15, 0.2) is 12.1 Å². The first-order chi connectivity index (χ1) is 8.40. The summed E-state index contributed by atoms with van der Waals surface area (Å²) < 4.78 is 0. The summed E-state index contributed by atoms with van der Waals surface area (Å²) in [6, 6.07) is 5.71. The Labute approximate surface area is 98.6 Å². The number of para-hydroxylation sites is 1. The molecule has 0 bridgehead atoms. The Hall–Kier alpha value is -2.36. The Morgan fingerprint density at radius 3 is 3.12 bits per heavy atom. The third kappa shape index (κ3) is 1.54. The van der Waals surface area contributed by atoms with E-state index in [9.17, 15) is 4.79 Å². The Balaban J connectivity index is 2.19. The van der Waals surface area contributed by atoms with Crippen molar-refractivity contribution < 1.29 is 4.79 Å². The average Bonchev–Trinajstić information content (AvgIpc) is 2.91. The van der Waals surface area contributed by atoms with Gasteiger partial charge in [0.2, 0.25) is 0 Å². The van der Waals surface area contributed by atoms with Crippen LogP contribution in [-0.2, 0) is 0 Å². The van der Waals surface area contributed by atoms with E-state index in [-0.39, 0.29) is 0 Å². The van der Waals surface area contributed by atoms with E-state index in [4.69, 9.17) is 0 Å². The number of aldehydes is 1. The molecule has 3 rings (SSSR count). The minimum atomic E-state index is 0.690. The van der Waals surface area contributed by atoms with Crippen LogP contribution in [0.2, 0.25) is 0 Å². The van der Waals surface area contributed by atoms with Crippen LogP contribution in [0.4, 0.5) is 11.5 Å². The number of nitrogens with zero attached hydrogens (tertiary/aromatic N) is 2. The Bertz CT molecular complexity index is 572. The first kappa shape index (κ1) is 9.84. The molecule has 2 aromatic rings. The highest BCUT2D eigenvalue weighted by Crippen LogP contribution is 2.33. The number of rotatable bonds is 2. The van der Waals surface area contributed by atoms with Gasteiger partial charge in [-0.05, 0) is 11.6 Å². The highest BCUT2D eigenvalue weighted by molar-refractivity contribution is 5.92. The number of aromatic nitrogens is 2. The van der Waals surface area contributed by atoms with Gasteiger partial charge in [-0.1, -0.05) is 24.3 Å². The van der Waals surface area contributed by atoms with Crippen LogP contribution < -0.4 is 4.90 Å². The molecule has 1 aliphatic heterocycles. The number of benzene rings is 1. The van der Waals surface area contributed by atoms with Crippen LogP contribution in [0.3, 0.4) is 0 Å². The maximum absolute atomic E-state index is 11.1. The van der Waals surface area contributed by atoms with Gasteiger partial charge >= 0.3 is 0 Å². The summed E-state index contributed by atoms with van der Waals surface area (Å²) >= 11 is 0. The van der Waals surface area contributed by atoms with Crippen molar-refractivity contribution >= 4 is 23.9 Å². The number of H-pyrrole nitrogens is 1.